The van der Waals surface area contributed by atoms with Gasteiger partial charge in [0.25, 0.3) is 5.91 Å². The van der Waals surface area contributed by atoms with Crippen molar-refractivity contribution in [3.63, 3.8) is 0 Å². The summed E-state index contributed by atoms with van der Waals surface area (Å²) in [5, 5.41) is 8.85. The van der Waals surface area contributed by atoms with E-state index in [1.165, 1.54) is 0 Å². The van der Waals surface area contributed by atoms with E-state index in [1.807, 2.05) is 0 Å². The number of hydrogen-bond acceptors (Lipinski definition) is 3. The van der Waals surface area contributed by atoms with Crippen LogP contribution < -0.4 is 0 Å². The molecule has 1 aromatic carbocycles. The van der Waals surface area contributed by atoms with Crippen molar-refractivity contribution < 1.29 is 23.5 Å². The van der Waals surface area contributed by atoms with Crippen molar-refractivity contribution in [2.24, 2.45) is 0 Å². The van der Waals surface area contributed by atoms with Crippen LogP contribution in [-0.4, -0.2) is 59.5 Å². The fourth-order valence-corrected chi connectivity index (χ4v) is 2.92. The summed E-state index contributed by atoms with van der Waals surface area (Å²) in [6.45, 7) is 0.883. The van der Waals surface area contributed by atoms with Crippen LogP contribution in [0, 0.1) is 11.6 Å². The highest BCUT2D eigenvalue weighted by molar-refractivity contribution is 5.94. The number of likely N-dealkylation sites (N-methyl/N-ethyl adjacent to an activating group) is 1. The molecule has 1 amide bonds. The molecule has 7 heteroatoms. The van der Waals surface area contributed by atoms with Gasteiger partial charge >= 0.3 is 5.97 Å². The fourth-order valence-electron chi connectivity index (χ4n) is 2.92. The highest BCUT2D eigenvalue weighted by Gasteiger charge is 2.25. The van der Waals surface area contributed by atoms with Gasteiger partial charge in [0, 0.05) is 30.8 Å². The van der Waals surface area contributed by atoms with Crippen LogP contribution in [-0.2, 0) is 4.79 Å². The number of carboxylic acids is 1. The summed E-state index contributed by atoms with van der Waals surface area (Å²) in [7, 11) is 1.75. The monoisotopic (exact) mass is 326 g/mol. The highest BCUT2D eigenvalue weighted by atomic mass is 19.1. The van der Waals surface area contributed by atoms with Gasteiger partial charge in [0.2, 0.25) is 0 Å². The molecule has 126 valence electrons. The number of halogens is 2. The molecule has 0 spiro atoms. The predicted molar refractivity (Wildman–Crippen MR) is 80.2 cm³/mol. The summed E-state index contributed by atoms with van der Waals surface area (Å²) in [5.74, 6) is -2.84. The number of rotatable bonds is 4. The van der Waals surface area contributed by atoms with Crippen molar-refractivity contribution in [1.29, 1.82) is 0 Å². The summed E-state index contributed by atoms with van der Waals surface area (Å²) >= 11 is 0. The summed E-state index contributed by atoms with van der Waals surface area (Å²) < 4.78 is 26.5. The van der Waals surface area contributed by atoms with Crippen LogP contribution >= 0.6 is 0 Å². The van der Waals surface area contributed by atoms with Gasteiger partial charge in [0.15, 0.2) is 0 Å². The standard InChI is InChI=1S/C16H20F2N2O3/c1-19(10-15(21)22)14-3-2-5-20(6-4-14)16(23)11-7-12(17)9-13(18)8-11/h7-9,14H,2-6,10H2,1H3,(H,21,22). The van der Waals surface area contributed by atoms with Crippen LogP contribution in [0.1, 0.15) is 29.6 Å². The maximum Gasteiger partial charge on any atom is 0.317 e. The lowest BCUT2D eigenvalue weighted by atomic mass is 10.1. The first-order valence-electron chi connectivity index (χ1n) is 7.54. The van der Waals surface area contributed by atoms with Crippen molar-refractivity contribution in [3.05, 3.63) is 35.4 Å². The molecule has 1 atom stereocenters. The van der Waals surface area contributed by atoms with Gasteiger partial charge in [-0.3, -0.25) is 14.5 Å². The Morgan fingerprint density at radius 3 is 2.48 bits per heavy atom. The molecule has 1 heterocycles. The van der Waals surface area contributed by atoms with Crippen LogP contribution in [0.4, 0.5) is 8.78 Å². The Bertz CT molecular complexity index is 574. The number of carbonyl (C=O) groups excluding carboxylic acids is 1. The molecule has 0 aromatic heterocycles. The van der Waals surface area contributed by atoms with Crippen LogP contribution in [0.25, 0.3) is 0 Å². The van der Waals surface area contributed by atoms with E-state index >= 15 is 0 Å². The Labute approximate surface area is 133 Å². The topological polar surface area (TPSA) is 60.9 Å². The van der Waals surface area contributed by atoms with Crippen molar-refractivity contribution in [3.8, 4) is 0 Å². The number of carbonyl (C=O) groups is 2. The Balaban J connectivity index is 2.02. The lowest BCUT2D eigenvalue weighted by Crippen LogP contribution is -2.37. The summed E-state index contributed by atoms with van der Waals surface area (Å²) in [5.41, 5.74) is -0.000148. The van der Waals surface area contributed by atoms with E-state index in [0.717, 1.165) is 31.0 Å². The molecule has 1 aromatic rings. The second-order valence-corrected chi connectivity index (χ2v) is 5.84. The largest absolute Gasteiger partial charge is 0.480 e. The number of hydrogen-bond donors (Lipinski definition) is 1. The van der Waals surface area contributed by atoms with Gasteiger partial charge in [-0.15, -0.1) is 0 Å². The van der Waals surface area contributed by atoms with E-state index in [2.05, 4.69) is 0 Å². The third-order valence-corrected chi connectivity index (χ3v) is 4.10. The van der Waals surface area contributed by atoms with Gasteiger partial charge in [-0.2, -0.15) is 0 Å². The van der Waals surface area contributed by atoms with Gasteiger partial charge in [-0.1, -0.05) is 0 Å². The molecule has 23 heavy (non-hydrogen) atoms. The van der Waals surface area contributed by atoms with Gasteiger partial charge in [-0.05, 0) is 38.4 Å². The van der Waals surface area contributed by atoms with E-state index in [4.69, 9.17) is 5.11 Å². The van der Waals surface area contributed by atoms with Crippen molar-refractivity contribution >= 4 is 11.9 Å². The number of aliphatic carboxylic acids is 1. The minimum atomic E-state index is -0.889. The van der Waals surface area contributed by atoms with E-state index in [-0.39, 0.29) is 18.2 Å². The van der Waals surface area contributed by atoms with Crippen LogP contribution in [0.15, 0.2) is 18.2 Å². The molecule has 1 unspecified atom stereocenters. The average molecular weight is 326 g/mol. The molecule has 5 nitrogen and oxygen atoms in total. The normalized spacial score (nSPS) is 18.8. The Hall–Kier alpha value is -2.02. The second kappa shape index (κ2) is 7.50. The zero-order valence-corrected chi connectivity index (χ0v) is 13.0. The molecule has 0 bridgehead atoms. The van der Waals surface area contributed by atoms with Gasteiger partial charge < -0.3 is 10.0 Å². The molecule has 2 rings (SSSR count). The molecular formula is C16H20F2N2O3. The first kappa shape index (κ1) is 17.3. The smallest absolute Gasteiger partial charge is 0.317 e. The molecule has 1 aliphatic heterocycles. The lowest BCUT2D eigenvalue weighted by Gasteiger charge is -2.25. The van der Waals surface area contributed by atoms with E-state index in [9.17, 15) is 18.4 Å². The maximum atomic E-state index is 13.3. The summed E-state index contributed by atoms with van der Waals surface area (Å²) in [4.78, 5) is 26.5. The highest BCUT2D eigenvalue weighted by Crippen LogP contribution is 2.18. The second-order valence-electron chi connectivity index (χ2n) is 5.84. The van der Waals surface area contributed by atoms with Gasteiger partial charge in [0.05, 0.1) is 6.54 Å². The Morgan fingerprint density at radius 1 is 1.22 bits per heavy atom. The molecule has 1 N–H and O–H groups in total. The summed E-state index contributed by atoms with van der Waals surface area (Å²) in [6, 6.07) is 2.87. The molecule has 1 saturated heterocycles. The van der Waals surface area contributed by atoms with Crippen LogP contribution in [0.3, 0.4) is 0 Å². The van der Waals surface area contributed by atoms with Gasteiger partial charge in [0.1, 0.15) is 11.6 Å². The van der Waals surface area contributed by atoms with Crippen LogP contribution in [0.5, 0.6) is 0 Å². The first-order valence-corrected chi connectivity index (χ1v) is 7.54. The third-order valence-electron chi connectivity index (χ3n) is 4.10. The maximum absolute atomic E-state index is 13.3. The van der Waals surface area contributed by atoms with E-state index in [0.29, 0.717) is 19.5 Å². The predicted octanol–water partition coefficient (Wildman–Crippen LogP) is 1.98. The number of benzene rings is 1. The summed E-state index contributed by atoms with van der Waals surface area (Å²) in [6.07, 6.45) is 2.14. The van der Waals surface area contributed by atoms with Crippen molar-refractivity contribution in [2.75, 3.05) is 26.7 Å². The van der Waals surface area contributed by atoms with E-state index < -0.39 is 23.5 Å². The third kappa shape index (κ3) is 4.72. The average Bonchev–Trinajstić information content (AvgIpc) is 2.70. The number of nitrogens with zero attached hydrogens (tertiary/aromatic N) is 2. The quantitative estimate of drug-likeness (QED) is 0.919. The number of likely N-dealkylation sites (tertiary alicyclic amines) is 1. The zero-order valence-electron chi connectivity index (χ0n) is 13.0. The molecule has 1 fully saturated rings. The Morgan fingerprint density at radius 2 is 1.87 bits per heavy atom. The SMILES string of the molecule is CN(CC(=O)O)C1CCCN(C(=O)c2cc(F)cc(F)c2)CC1. The van der Waals surface area contributed by atoms with Crippen LogP contribution in [0.2, 0.25) is 0 Å². The fraction of sp³-hybridized carbons (Fsp3) is 0.500. The molecule has 0 aliphatic carbocycles. The number of amides is 1. The van der Waals surface area contributed by atoms with Crippen molar-refractivity contribution in [1.82, 2.24) is 9.80 Å². The lowest BCUT2D eigenvalue weighted by molar-refractivity contribution is -0.138. The van der Waals surface area contributed by atoms with E-state index in [1.54, 1.807) is 16.8 Å². The molecular weight excluding hydrogens is 306 g/mol. The number of carboxylic acid groups (broad SMARTS) is 1. The van der Waals surface area contributed by atoms with Gasteiger partial charge in [-0.25, -0.2) is 8.78 Å². The zero-order chi connectivity index (χ0) is 17.0. The molecule has 0 saturated carbocycles. The molecule has 0 radical (unpaired) electrons. The first-order chi connectivity index (χ1) is 10.9. The van der Waals surface area contributed by atoms with Crippen molar-refractivity contribution in [2.45, 2.75) is 25.3 Å². The minimum absolute atomic E-state index is 0.000148. The Kier molecular flexibility index (Phi) is 5.65. The minimum Gasteiger partial charge on any atom is -0.480 e. The molecule has 1 aliphatic rings.